The molecular formula is C13H19NO6S2. The van der Waals surface area contributed by atoms with Crippen LogP contribution in [0.25, 0.3) is 0 Å². The Labute approximate surface area is 130 Å². The smallest absolute Gasteiger partial charge is 0.244 e. The Kier molecular flexibility index (Phi) is 4.42. The highest BCUT2D eigenvalue weighted by Gasteiger charge is 2.42. The minimum Gasteiger partial charge on any atom is -0.497 e. The van der Waals surface area contributed by atoms with Crippen LogP contribution in [0.3, 0.4) is 0 Å². The molecule has 1 atom stereocenters. The van der Waals surface area contributed by atoms with E-state index in [2.05, 4.69) is 4.72 Å². The van der Waals surface area contributed by atoms with Gasteiger partial charge in [-0.1, -0.05) is 0 Å². The van der Waals surface area contributed by atoms with Crippen molar-refractivity contribution in [1.29, 1.82) is 0 Å². The first-order valence-corrected chi connectivity index (χ1v) is 9.88. The van der Waals surface area contributed by atoms with E-state index < -0.39 is 25.4 Å². The van der Waals surface area contributed by atoms with Crippen molar-refractivity contribution in [3.63, 3.8) is 0 Å². The topological polar surface area (TPSA) is 98.8 Å². The third kappa shape index (κ3) is 3.53. The molecule has 1 aromatic rings. The number of benzene rings is 1. The summed E-state index contributed by atoms with van der Waals surface area (Å²) in [7, 11) is -4.38. The second-order valence-electron chi connectivity index (χ2n) is 5.52. The molecular weight excluding hydrogens is 330 g/mol. The highest BCUT2D eigenvalue weighted by atomic mass is 32.2. The zero-order valence-corrected chi connectivity index (χ0v) is 14.3. The maximum atomic E-state index is 12.6. The van der Waals surface area contributed by atoms with E-state index in [0.717, 1.165) is 0 Å². The zero-order chi connectivity index (χ0) is 16.6. The molecule has 1 saturated heterocycles. The van der Waals surface area contributed by atoms with Crippen LogP contribution in [-0.4, -0.2) is 48.1 Å². The van der Waals surface area contributed by atoms with E-state index in [-0.39, 0.29) is 28.6 Å². The predicted molar refractivity (Wildman–Crippen MR) is 81.5 cm³/mol. The van der Waals surface area contributed by atoms with Gasteiger partial charge in [-0.05, 0) is 25.5 Å². The van der Waals surface area contributed by atoms with Crippen LogP contribution in [-0.2, 0) is 19.9 Å². The average Bonchev–Trinajstić information content (AvgIpc) is 2.70. The lowest BCUT2D eigenvalue weighted by molar-refractivity contribution is 0.390. The molecule has 0 radical (unpaired) electrons. The van der Waals surface area contributed by atoms with Crippen LogP contribution < -0.4 is 14.2 Å². The van der Waals surface area contributed by atoms with Crippen molar-refractivity contribution in [2.24, 2.45) is 0 Å². The molecule has 1 aromatic carbocycles. The summed E-state index contributed by atoms with van der Waals surface area (Å²) in [5, 5.41) is 0. The lowest BCUT2D eigenvalue weighted by Crippen LogP contribution is -2.46. The maximum Gasteiger partial charge on any atom is 0.244 e. The number of ether oxygens (including phenoxy) is 2. The predicted octanol–water partition coefficient (Wildman–Crippen LogP) is 0.559. The van der Waals surface area contributed by atoms with E-state index in [1.165, 1.54) is 26.4 Å². The normalized spacial score (nSPS) is 24.1. The molecule has 124 valence electrons. The maximum absolute atomic E-state index is 12.6. The van der Waals surface area contributed by atoms with Crippen LogP contribution in [0.15, 0.2) is 23.1 Å². The molecule has 22 heavy (non-hydrogen) atoms. The minimum absolute atomic E-state index is 0.0265. The van der Waals surface area contributed by atoms with Crippen LogP contribution in [0.1, 0.15) is 13.3 Å². The van der Waals surface area contributed by atoms with Crippen molar-refractivity contribution in [3.05, 3.63) is 18.2 Å². The van der Waals surface area contributed by atoms with Gasteiger partial charge in [0.2, 0.25) is 10.0 Å². The first-order chi connectivity index (χ1) is 10.1. The van der Waals surface area contributed by atoms with Gasteiger partial charge in [0, 0.05) is 11.6 Å². The molecule has 2 rings (SSSR count). The van der Waals surface area contributed by atoms with E-state index in [4.69, 9.17) is 9.47 Å². The number of hydrogen-bond acceptors (Lipinski definition) is 6. The van der Waals surface area contributed by atoms with Gasteiger partial charge in [-0.25, -0.2) is 21.6 Å². The van der Waals surface area contributed by atoms with Gasteiger partial charge in [0.25, 0.3) is 0 Å². The Morgan fingerprint density at radius 2 is 1.91 bits per heavy atom. The molecule has 0 aliphatic carbocycles. The summed E-state index contributed by atoms with van der Waals surface area (Å²) in [6.07, 6.45) is 0.237. The van der Waals surface area contributed by atoms with E-state index in [1.807, 2.05) is 0 Å². The Hall–Kier alpha value is -1.32. The fourth-order valence-electron chi connectivity index (χ4n) is 2.46. The summed E-state index contributed by atoms with van der Waals surface area (Å²) in [5.74, 6) is 0.287. The van der Waals surface area contributed by atoms with Crippen LogP contribution >= 0.6 is 0 Å². The van der Waals surface area contributed by atoms with Crippen LogP contribution in [0.4, 0.5) is 0 Å². The van der Waals surface area contributed by atoms with Gasteiger partial charge in [-0.15, -0.1) is 0 Å². The number of sulfone groups is 1. The molecule has 0 aromatic heterocycles. The molecule has 1 heterocycles. The molecule has 1 aliphatic rings. The van der Waals surface area contributed by atoms with Crippen molar-refractivity contribution < 1.29 is 26.3 Å². The lowest BCUT2D eigenvalue weighted by Gasteiger charge is -2.24. The van der Waals surface area contributed by atoms with E-state index in [0.29, 0.717) is 5.75 Å². The Balaban J connectivity index is 2.39. The van der Waals surface area contributed by atoms with Crippen molar-refractivity contribution in [2.75, 3.05) is 25.7 Å². The highest BCUT2D eigenvalue weighted by Crippen LogP contribution is 2.31. The lowest BCUT2D eigenvalue weighted by atomic mass is 10.0. The Morgan fingerprint density at radius 3 is 2.41 bits per heavy atom. The van der Waals surface area contributed by atoms with Crippen LogP contribution in [0, 0.1) is 0 Å². The summed E-state index contributed by atoms with van der Waals surface area (Å²) in [4.78, 5) is -0.0835. The van der Waals surface area contributed by atoms with Crippen molar-refractivity contribution in [3.8, 4) is 11.5 Å². The second-order valence-corrected chi connectivity index (χ2v) is 9.36. The van der Waals surface area contributed by atoms with E-state index in [9.17, 15) is 16.8 Å². The second kappa shape index (κ2) is 5.71. The fraction of sp³-hybridized carbons (Fsp3) is 0.538. The number of hydrogen-bond donors (Lipinski definition) is 1. The average molecular weight is 349 g/mol. The van der Waals surface area contributed by atoms with Gasteiger partial charge in [-0.3, -0.25) is 0 Å². The van der Waals surface area contributed by atoms with E-state index in [1.54, 1.807) is 13.0 Å². The van der Waals surface area contributed by atoms with E-state index >= 15 is 0 Å². The third-order valence-electron chi connectivity index (χ3n) is 3.54. The van der Waals surface area contributed by atoms with Crippen molar-refractivity contribution >= 4 is 19.9 Å². The fourth-order valence-corrected chi connectivity index (χ4v) is 6.27. The zero-order valence-electron chi connectivity index (χ0n) is 12.6. The first kappa shape index (κ1) is 17.0. The molecule has 9 heteroatoms. The number of sulfonamides is 1. The molecule has 0 spiro atoms. The molecule has 0 amide bonds. The monoisotopic (exact) mass is 349 g/mol. The SMILES string of the molecule is COc1ccc(OC)c(S(=O)(=O)N[C@@]2(C)CCS(=O)(=O)C2)c1. The van der Waals surface area contributed by atoms with Crippen molar-refractivity contribution in [2.45, 2.75) is 23.8 Å². The van der Waals surface area contributed by atoms with Gasteiger partial charge in [0.15, 0.2) is 9.84 Å². The highest BCUT2D eigenvalue weighted by molar-refractivity contribution is 7.92. The van der Waals surface area contributed by atoms with Crippen LogP contribution in [0.5, 0.6) is 11.5 Å². The molecule has 7 nitrogen and oxygen atoms in total. The summed E-state index contributed by atoms with van der Waals surface area (Å²) in [6, 6.07) is 4.41. The van der Waals surface area contributed by atoms with Gasteiger partial charge in [-0.2, -0.15) is 0 Å². The van der Waals surface area contributed by atoms with Gasteiger partial charge in [0.05, 0.1) is 25.7 Å². The standard InChI is InChI=1S/C13H19NO6S2/c1-13(6-7-21(15,16)9-13)14-22(17,18)12-8-10(19-2)4-5-11(12)20-3/h4-5,8,14H,6-7,9H2,1-3H3/t13-/m0/s1. The quantitative estimate of drug-likeness (QED) is 0.834. The summed E-state index contributed by atoms with van der Waals surface area (Å²) in [5.41, 5.74) is -1.02. The largest absolute Gasteiger partial charge is 0.497 e. The molecule has 0 unspecified atom stereocenters. The number of rotatable bonds is 5. The van der Waals surface area contributed by atoms with Gasteiger partial charge >= 0.3 is 0 Å². The summed E-state index contributed by atoms with van der Waals surface area (Å²) >= 11 is 0. The molecule has 1 N–H and O–H groups in total. The van der Waals surface area contributed by atoms with Crippen LogP contribution in [0.2, 0.25) is 0 Å². The minimum atomic E-state index is -3.95. The molecule has 1 fully saturated rings. The summed E-state index contributed by atoms with van der Waals surface area (Å²) < 4.78 is 61.0. The van der Waals surface area contributed by atoms with Crippen molar-refractivity contribution in [1.82, 2.24) is 4.72 Å². The number of methoxy groups -OCH3 is 2. The molecule has 0 bridgehead atoms. The first-order valence-electron chi connectivity index (χ1n) is 6.57. The third-order valence-corrected chi connectivity index (χ3v) is 7.11. The molecule has 0 saturated carbocycles. The van der Waals surface area contributed by atoms with Gasteiger partial charge in [0.1, 0.15) is 16.4 Å². The Morgan fingerprint density at radius 1 is 1.23 bits per heavy atom. The summed E-state index contributed by atoms with van der Waals surface area (Å²) in [6.45, 7) is 1.59. The number of nitrogens with one attached hydrogen (secondary N) is 1. The van der Waals surface area contributed by atoms with Gasteiger partial charge < -0.3 is 9.47 Å². The Bertz CT molecular complexity index is 772. The molecule has 1 aliphatic heterocycles.